The Labute approximate surface area is 345 Å². The molecule has 0 fully saturated rings. The van der Waals surface area contributed by atoms with Crippen molar-refractivity contribution in [2.45, 2.75) is 30.2 Å². The highest BCUT2D eigenvalue weighted by Crippen LogP contribution is 2.52. The van der Waals surface area contributed by atoms with Crippen LogP contribution in [0.5, 0.6) is 23.5 Å². The van der Waals surface area contributed by atoms with E-state index in [-0.39, 0.29) is 44.6 Å². The standard InChI is InChI=1S/C41H36N6O8P2S2/c1-32-19-23-35(24-20-32)58(48,49)46(56(52-38-15-5-9-27-42-38)53-39-16-6-10-28-43-39)31-34-13-3-4-14-37(34)47(59(50,51)36-25-21-33(2)22-26-36)57(54-40-17-7-11-29-44-40)55-41-18-8-12-30-45-41/h3-30H,31H2,1-2H3. The molecule has 4 heterocycles. The molecule has 0 bridgehead atoms. The van der Waals surface area contributed by atoms with Crippen molar-refractivity contribution < 1.29 is 34.9 Å². The average Bonchev–Trinajstić information content (AvgIpc) is 3.25. The number of rotatable bonds is 17. The van der Waals surface area contributed by atoms with E-state index in [0.29, 0.717) is 0 Å². The number of sulfonamides is 2. The van der Waals surface area contributed by atoms with E-state index in [4.69, 9.17) is 18.1 Å². The molecular formula is C41H36N6O8P2S2. The third-order valence-corrected chi connectivity index (χ3v) is 15.8. The van der Waals surface area contributed by atoms with E-state index in [9.17, 15) is 8.42 Å². The molecule has 3 aromatic carbocycles. The summed E-state index contributed by atoms with van der Waals surface area (Å²) < 4.78 is 87.4. The van der Waals surface area contributed by atoms with Crippen LogP contribution in [0, 0.1) is 13.8 Å². The lowest BCUT2D eigenvalue weighted by Gasteiger charge is -2.32. The molecule has 0 amide bonds. The number of anilines is 1. The fourth-order valence-corrected chi connectivity index (χ4v) is 11.9. The predicted octanol–water partition coefficient (Wildman–Crippen LogP) is 9.04. The topological polar surface area (TPSA) is 163 Å². The Morgan fingerprint density at radius 1 is 0.458 bits per heavy atom. The molecule has 14 nitrogen and oxygen atoms in total. The molecule has 0 aliphatic rings. The van der Waals surface area contributed by atoms with Crippen LogP contribution in [-0.4, -0.2) is 40.8 Å². The average molecular weight is 867 g/mol. The van der Waals surface area contributed by atoms with E-state index in [0.717, 1.165) is 19.3 Å². The van der Waals surface area contributed by atoms with Crippen LogP contribution in [0.1, 0.15) is 16.7 Å². The minimum Gasteiger partial charge on any atom is -0.408 e. The summed E-state index contributed by atoms with van der Waals surface area (Å²) in [4.78, 5) is 17.0. The Bertz CT molecular complexity index is 2580. The van der Waals surface area contributed by atoms with Crippen molar-refractivity contribution in [3.05, 3.63) is 187 Å². The zero-order chi connectivity index (χ0) is 41.2. The maximum Gasteiger partial charge on any atom is 0.434 e. The molecule has 0 aliphatic carbocycles. The van der Waals surface area contributed by atoms with Crippen molar-refractivity contribution in [3.63, 3.8) is 0 Å². The van der Waals surface area contributed by atoms with Crippen molar-refractivity contribution >= 4 is 42.8 Å². The Morgan fingerprint density at radius 3 is 1.24 bits per heavy atom. The van der Waals surface area contributed by atoms with Gasteiger partial charge in [0.25, 0.3) is 20.0 Å². The van der Waals surface area contributed by atoms with Crippen LogP contribution in [0.3, 0.4) is 0 Å². The van der Waals surface area contributed by atoms with Crippen molar-refractivity contribution in [2.24, 2.45) is 0 Å². The molecular weight excluding hydrogens is 831 g/mol. The summed E-state index contributed by atoms with van der Waals surface area (Å²) in [5.41, 5.74) is 1.91. The van der Waals surface area contributed by atoms with Crippen LogP contribution < -0.4 is 22.2 Å². The Hall–Kier alpha value is -6.02. The van der Waals surface area contributed by atoms with Crippen LogP contribution in [-0.2, 0) is 26.6 Å². The monoisotopic (exact) mass is 866 g/mol. The van der Waals surface area contributed by atoms with Crippen LogP contribution in [0.15, 0.2) is 180 Å². The summed E-state index contributed by atoms with van der Waals surface area (Å²) in [5.74, 6) is 0.282. The molecule has 0 saturated carbocycles. The van der Waals surface area contributed by atoms with Gasteiger partial charge in [-0.05, 0) is 74.0 Å². The van der Waals surface area contributed by atoms with E-state index in [2.05, 4.69) is 19.9 Å². The summed E-state index contributed by atoms with van der Waals surface area (Å²) in [7, 11) is -14.4. The zero-order valence-corrected chi connectivity index (χ0v) is 35.0. The van der Waals surface area contributed by atoms with Gasteiger partial charge in [-0.1, -0.05) is 77.9 Å². The SMILES string of the molecule is Cc1ccc(S(=O)(=O)N(Cc2ccccc2N(P(Oc2ccccn2)Oc2ccccn2)S(=O)(=O)c2ccc(C)cc2)P(Oc2ccccn2)Oc2ccccn2)cc1. The lowest BCUT2D eigenvalue weighted by molar-refractivity contribution is 0.405. The fourth-order valence-electron chi connectivity index (χ4n) is 5.28. The molecule has 0 N–H and O–H groups in total. The van der Waals surface area contributed by atoms with Gasteiger partial charge in [-0.25, -0.2) is 36.8 Å². The van der Waals surface area contributed by atoms with Gasteiger partial charge in [0, 0.05) is 49.1 Å². The van der Waals surface area contributed by atoms with Gasteiger partial charge >= 0.3 is 17.1 Å². The quantitative estimate of drug-likeness (QED) is 0.0800. The number of hydrogen-bond donors (Lipinski definition) is 0. The molecule has 300 valence electrons. The number of pyridine rings is 4. The maximum absolute atomic E-state index is 15.1. The molecule has 4 aromatic heterocycles. The zero-order valence-electron chi connectivity index (χ0n) is 31.5. The Balaban J connectivity index is 1.42. The summed E-state index contributed by atoms with van der Waals surface area (Å²) >= 11 is 0. The number of benzene rings is 3. The van der Waals surface area contributed by atoms with Gasteiger partial charge in [0.2, 0.25) is 23.5 Å². The van der Waals surface area contributed by atoms with Crippen LogP contribution >= 0.6 is 17.1 Å². The summed E-state index contributed by atoms with van der Waals surface area (Å²) in [6, 6.07) is 38.8. The molecule has 0 spiro atoms. The van der Waals surface area contributed by atoms with Crippen molar-refractivity contribution in [2.75, 3.05) is 4.08 Å². The highest BCUT2D eigenvalue weighted by molar-refractivity contribution is 7.99. The Kier molecular flexibility index (Phi) is 13.0. The lowest BCUT2D eigenvalue weighted by Crippen LogP contribution is -2.33. The molecule has 0 aliphatic heterocycles. The smallest absolute Gasteiger partial charge is 0.408 e. The molecule has 0 atom stereocenters. The minimum atomic E-state index is -4.57. The largest absolute Gasteiger partial charge is 0.434 e. The first-order valence-corrected chi connectivity index (χ1v) is 23.0. The Morgan fingerprint density at radius 2 is 0.831 bits per heavy atom. The number of para-hydroxylation sites is 1. The van der Waals surface area contributed by atoms with Crippen molar-refractivity contribution in [1.82, 2.24) is 24.0 Å². The third kappa shape index (κ3) is 10.2. The molecule has 18 heteroatoms. The van der Waals surface area contributed by atoms with Crippen molar-refractivity contribution in [1.29, 1.82) is 0 Å². The molecule has 7 aromatic rings. The van der Waals surface area contributed by atoms with Crippen LogP contribution in [0.2, 0.25) is 0 Å². The van der Waals surface area contributed by atoms with Gasteiger partial charge in [0.1, 0.15) is 0 Å². The van der Waals surface area contributed by atoms with Gasteiger partial charge in [-0.3, -0.25) is 0 Å². The summed E-state index contributed by atoms with van der Waals surface area (Å²) in [6.07, 6.45) is 5.99. The second kappa shape index (κ2) is 18.7. The molecule has 0 saturated heterocycles. The molecule has 0 unspecified atom stereocenters. The van der Waals surface area contributed by atoms with Gasteiger partial charge in [-0.15, -0.1) is 4.08 Å². The van der Waals surface area contributed by atoms with E-state index < -0.39 is 43.6 Å². The predicted molar refractivity (Wildman–Crippen MR) is 224 cm³/mol. The molecule has 7 rings (SSSR count). The highest BCUT2D eigenvalue weighted by atomic mass is 32.2. The second-order valence-electron chi connectivity index (χ2n) is 12.5. The van der Waals surface area contributed by atoms with E-state index in [1.54, 1.807) is 115 Å². The second-order valence-corrected chi connectivity index (χ2v) is 19.3. The molecule has 0 radical (unpaired) electrons. The fraction of sp³-hybridized carbons (Fsp3) is 0.0732. The highest BCUT2D eigenvalue weighted by Gasteiger charge is 2.43. The first-order valence-electron chi connectivity index (χ1n) is 17.8. The van der Waals surface area contributed by atoms with Gasteiger partial charge in [-0.2, -0.15) is 4.08 Å². The van der Waals surface area contributed by atoms with Crippen molar-refractivity contribution in [3.8, 4) is 23.5 Å². The summed E-state index contributed by atoms with van der Waals surface area (Å²) in [6.45, 7) is 3.20. The number of hydrogen-bond acceptors (Lipinski definition) is 12. The number of aryl methyl sites for hydroxylation is 2. The lowest BCUT2D eigenvalue weighted by atomic mass is 10.2. The first-order chi connectivity index (χ1) is 28.6. The minimum absolute atomic E-state index is 0.0285. The van der Waals surface area contributed by atoms with E-state index in [1.807, 2.05) is 13.8 Å². The van der Waals surface area contributed by atoms with Gasteiger partial charge < -0.3 is 18.1 Å². The van der Waals surface area contributed by atoms with Crippen LogP contribution in [0.4, 0.5) is 5.69 Å². The van der Waals surface area contributed by atoms with Gasteiger partial charge in [0.15, 0.2) is 0 Å². The normalized spacial score (nSPS) is 11.7. The number of aromatic nitrogens is 4. The van der Waals surface area contributed by atoms with Gasteiger partial charge in [0.05, 0.1) is 22.0 Å². The molecule has 59 heavy (non-hydrogen) atoms. The van der Waals surface area contributed by atoms with E-state index >= 15 is 8.42 Å². The maximum atomic E-state index is 15.1. The number of nitrogens with zero attached hydrogens (tertiary/aromatic N) is 6. The third-order valence-electron chi connectivity index (χ3n) is 8.21. The van der Waals surface area contributed by atoms with E-state index in [1.165, 1.54) is 55.1 Å². The van der Waals surface area contributed by atoms with Crippen LogP contribution in [0.25, 0.3) is 0 Å². The first kappa shape index (κ1) is 41.2. The summed E-state index contributed by atoms with van der Waals surface area (Å²) in [5, 5.41) is 0.